The quantitative estimate of drug-likeness (QED) is 0.875. The van der Waals surface area contributed by atoms with Crippen molar-refractivity contribution in [3.63, 3.8) is 0 Å². The average Bonchev–Trinajstić information content (AvgIpc) is 2.80. The highest BCUT2D eigenvalue weighted by molar-refractivity contribution is 5.96. The zero-order chi connectivity index (χ0) is 13.8. The van der Waals surface area contributed by atoms with E-state index in [0.29, 0.717) is 17.8 Å². The van der Waals surface area contributed by atoms with E-state index in [4.69, 9.17) is 10.3 Å². The third-order valence-electron chi connectivity index (χ3n) is 2.89. The topological polar surface area (TPSA) is 94.0 Å². The molecule has 2 rings (SSSR count). The summed E-state index contributed by atoms with van der Waals surface area (Å²) in [5.74, 6) is -0.154. The molecule has 0 fully saturated rings. The first-order valence-electron chi connectivity index (χ1n) is 6.40. The number of amides is 1. The highest BCUT2D eigenvalue weighted by atomic mass is 35.5. The van der Waals surface area contributed by atoms with E-state index in [1.165, 1.54) is 6.20 Å². The second kappa shape index (κ2) is 7.21. The summed E-state index contributed by atoms with van der Waals surface area (Å²) in [6.45, 7) is 4.44. The van der Waals surface area contributed by atoms with Crippen molar-refractivity contribution in [2.24, 2.45) is 5.73 Å². The van der Waals surface area contributed by atoms with Gasteiger partial charge in [0.05, 0.1) is 16.6 Å². The summed E-state index contributed by atoms with van der Waals surface area (Å²) in [4.78, 5) is 16.0. The molecule has 0 saturated carbocycles. The number of fused-ring (bicyclic) bond motifs is 1. The highest BCUT2D eigenvalue weighted by Gasteiger charge is 2.12. The number of nitrogens with two attached hydrogens (primary N) is 1. The van der Waals surface area contributed by atoms with Gasteiger partial charge in [-0.2, -0.15) is 0 Å². The summed E-state index contributed by atoms with van der Waals surface area (Å²) >= 11 is 0. The van der Waals surface area contributed by atoms with Crippen molar-refractivity contribution in [2.75, 3.05) is 6.54 Å². The van der Waals surface area contributed by atoms with Gasteiger partial charge in [0.1, 0.15) is 0 Å². The van der Waals surface area contributed by atoms with Crippen LogP contribution in [-0.2, 0) is 6.42 Å². The summed E-state index contributed by atoms with van der Waals surface area (Å²) < 4.78 is 5.08. The molecule has 0 aliphatic carbocycles. The Balaban J connectivity index is 0.00000200. The average molecular weight is 299 g/mol. The summed E-state index contributed by atoms with van der Waals surface area (Å²) in [6, 6.07) is 1.84. The number of carbonyl (C=O) groups is 1. The fourth-order valence-electron chi connectivity index (χ4n) is 1.77. The standard InChI is InChI=1S/C13H18N4O2.ClH/c1-3-11-10-6-9(7-16-13(10)19-17-11)12(18)15-5-4-8(2)14;/h6-8H,3-5,14H2,1-2H3,(H,15,18);1H. The predicted octanol–water partition coefficient (Wildman–Crippen LogP) is 1.67. The van der Waals surface area contributed by atoms with Gasteiger partial charge >= 0.3 is 0 Å². The first-order valence-corrected chi connectivity index (χ1v) is 6.40. The maximum atomic E-state index is 11.9. The van der Waals surface area contributed by atoms with E-state index in [9.17, 15) is 4.79 Å². The Labute approximate surface area is 123 Å². The minimum Gasteiger partial charge on any atom is -0.352 e. The third-order valence-corrected chi connectivity index (χ3v) is 2.89. The summed E-state index contributed by atoms with van der Waals surface area (Å²) in [5.41, 5.74) is 7.42. The van der Waals surface area contributed by atoms with Crippen molar-refractivity contribution in [3.8, 4) is 0 Å². The van der Waals surface area contributed by atoms with Gasteiger partial charge in [0.15, 0.2) is 0 Å². The molecule has 0 aliphatic heterocycles. The zero-order valence-electron chi connectivity index (χ0n) is 11.5. The van der Waals surface area contributed by atoms with Gasteiger partial charge < -0.3 is 15.6 Å². The van der Waals surface area contributed by atoms with Crippen molar-refractivity contribution >= 4 is 29.4 Å². The van der Waals surface area contributed by atoms with Gasteiger partial charge in [-0.15, -0.1) is 12.4 Å². The molecule has 20 heavy (non-hydrogen) atoms. The van der Waals surface area contributed by atoms with Crippen LogP contribution in [0.5, 0.6) is 0 Å². The predicted molar refractivity (Wildman–Crippen MR) is 79.0 cm³/mol. The monoisotopic (exact) mass is 298 g/mol. The van der Waals surface area contributed by atoms with Crippen LogP contribution in [0.25, 0.3) is 11.1 Å². The number of hydrogen-bond donors (Lipinski definition) is 2. The molecule has 0 radical (unpaired) electrons. The van der Waals surface area contributed by atoms with Crippen LogP contribution in [-0.4, -0.2) is 28.6 Å². The molecule has 110 valence electrons. The molecular weight excluding hydrogens is 280 g/mol. The first-order chi connectivity index (χ1) is 9.11. The normalized spacial score (nSPS) is 11.9. The molecule has 6 nitrogen and oxygen atoms in total. The molecule has 1 atom stereocenters. The molecule has 7 heteroatoms. The second-order valence-corrected chi connectivity index (χ2v) is 4.58. The summed E-state index contributed by atoms with van der Waals surface area (Å²) in [7, 11) is 0. The van der Waals surface area contributed by atoms with Crippen molar-refractivity contribution < 1.29 is 9.32 Å². The highest BCUT2D eigenvalue weighted by Crippen LogP contribution is 2.18. The van der Waals surface area contributed by atoms with Crippen molar-refractivity contribution in [2.45, 2.75) is 32.7 Å². The van der Waals surface area contributed by atoms with Crippen LogP contribution in [0.2, 0.25) is 0 Å². The summed E-state index contributed by atoms with van der Waals surface area (Å²) in [5, 5.41) is 7.52. The van der Waals surface area contributed by atoms with Gasteiger partial charge in [0.2, 0.25) is 0 Å². The van der Waals surface area contributed by atoms with E-state index in [0.717, 1.165) is 23.9 Å². The SMILES string of the molecule is CCc1noc2ncc(C(=O)NCCC(C)N)cc12.Cl. The largest absolute Gasteiger partial charge is 0.352 e. The fourth-order valence-corrected chi connectivity index (χ4v) is 1.77. The number of halogens is 1. The molecule has 0 saturated heterocycles. The van der Waals surface area contributed by atoms with Crippen LogP contribution in [0.1, 0.15) is 36.3 Å². The molecule has 0 aliphatic rings. The maximum Gasteiger partial charge on any atom is 0.257 e. The van der Waals surface area contributed by atoms with Crippen LogP contribution < -0.4 is 11.1 Å². The molecule has 2 heterocycles. The number of carbonyl (C=O) groups excluding carboxylic acids is 1. The Morgan fingerprint density at radius 3 is 2.95 bits per heavy atom. The van der Waals surface area contributed by atoms with Gasteiger partial charge in [-0.1, -0.05) is 12.1 Å². The van der Waals surface area contributed by atoms with E-state index in [2.05, 4.69) is 15.5 Å². The number of pyridine rings is 1. The van der Waals surface area contributed by atoms with Crippen LogP contribution in [0.15, 0.2) is 16.8 Å². The maximum absolute atomic E-state index is 11.9. The molecule has 2 aromatic heterocycles. The number of nitrogens with zero attached hydrogens (tertiary/aromatic N) is 2. The smallest absolute Gasteiger partial charge is 0.257 e. The minimum absolute atomic E-state index is 0. The van der Waals surface area contributed by atoms with Crippen LogP contribution in [0, 0.1) is 0 Å². The van der Waals surface area contributed by atoms with Gasteiger partial charge in [0, 0.05) is 18.8 Å². The Morgan fingerprint density at radius 2 is 2.30 bits per heavy atom. The third kappa shape index (κ3) is 3.68. The number of aryl methyl sites for hydroxylation is 1. The van der Waals surface area contributed by atoms with Crippen LogP contribution in [0.3, 0.4) is 0 Å². The van der Waals surface area contributed by atoms with E-state index in [-0.39, 0.29) is 24.4 Å². The van der Waals surface area contributed by atoms with Gasteiger partial charge in [-0.3, -0.25) is 4.79 Å². The first kappa shape index (κ1) is 16.4. The van der Waals surface area contributed by atoms with Gasteiger partial charge in [0.25, 0.3) is 11.6 Å². The second-order valence-electron chi connectivity index (χ2n) is 4.58. The van der Waals surface area contributed by atoms with Crippen LogP contribution in [0.4, 0.5) is 0 Å². The minimum atomic E-state index is -0.154. The lowest BCUT2D eigenvalue weighted by molar-refractivity contribution is 0.0952. The Hall–Kier alpha value is -1.66. The van der Waals surface area contributed by atoms with Gasteiger partial charge in [-0.25, -0.2) is 4.98 Å². The molecule has 0 aromatic carbocycles. The van der Waals surface area contributed by atoms with E-state index < -0.39 is 0 Å². The lowest BCUT2D eigenvalue weighted by atomic mass is 10.1. The van der Waals surface area contributed by atoms with Gasteiger partial charge in [-0.05, 0) is 25.8 Å². The Kier molecular flexibility index (Phi) is 5.91. The van der Waals surface area contributed by atoms with E-state index >= 15 is 0 Å². The fraction of sp³-hybridized carbons (Fsp3) is 0.462. The van der Waals surface area contributed by atoms with Crippen molar-refractivity contribution in [3.05, 3.63) is 23.5 Å². The molecule has 0 bridgehead atoms. The number of rotatable bonds is 5. The number of nitrogens with one attached hydrogen (secondary N) is 1. The number of aromatic nitrogens is 2. The Morgan fingerprint density at radius 1 is 1.55 bits per heavy atom. The molecule has 1 amide bonds. The molecule has 0 spiro atoms. The molecule has 2 aromatic rings. The molecule has 3 N–H and O–H groups in total. The molecule has 1 unspecified atom stereocenters. The van der Waals surface area contributed by atoms with E-state index in [1.807, 2.05) is 13.8 Å². The zero-order valence-corrected chi connectivity index (χ0v) is 12.4. The van der Waals surface area contributed by atoms with Crippen LogP contribution >= 0.6 is 12.4 Å². The Bertz CT molecular complexity index is 583. The van der Waals surface area contributed by atoms with Crippen molar-refractivity contribution in [1.29, 1.82) is 0 Å². The lowest BCUT2D eigenvalue weighted by Crippen LogP contribution is -2.29. The molecular formula is C13H19ClN4O2. The van der Waals surface area contributed by atoms with E-state index in [1.54, 1.807) is 6.07 Å². The lowest BCUT2D eigenvalue weighted by Gasteiger charge is -2.07. The summed E-state index contributed by atoms with van der Waals surface area (Å²) in [6.07, 6.45) is 2.98. The number of hydrogen-bond acceptors (Lipinski definition) is 5. The van der Waals surface area contributed by atoms with Crippen molar-refractivity contribution in [1.82, 2.24) is 15.5 Å².